The van der Waals surface area contributed by atoms with Crippen molar-refractivity contribution in [1.29, 1.82) is 0 Å². The van der Waals surface area contributed by atoms with Crippen molar-refractivity contribution in [3.05, 3.63) is 78.1 Å². The fourth-order valence-corrected chi connectivity index (χ4v) is 5.68. The normalized spacial score (nSPS) is 12.1. The molecule has 0 spiro atoms. The highest BCUT2D eigenvalue weighted by Gasteiger charge is 2.22. The quantitative estimate of drug-likeness (QED) is 0.0539. The Kier molecular flexibility index (Phi) is 14.7. The summed E-state index contributed by atoms with van der Waals surface area (Å²) in [5.74, 6) is -1.92. The van der Waals surface area contributed by atoms with Gasteiger partial charge in [-0.2, -0.15) is 5.10 Å². The number of hydrogen-bond acceptors (Lipinski definition) is 13. The molecule has 5 rings (SSSR count). The van der Waals surface area contributed by atoms with Gasteiger partial charge in [0.1, 0.15) is 34.9 Å². The molecule has 0 bridgehead atoms. The number of esters is 1. The van der Waals surface area contributed by atoms with Crippen LogP contribution in [-0.4, -0.2) is 81.0 Å². The predicted octanol–water partition coefficient (Wildman–Crippen LogP) is 4.59. The molecule has 2 unspecified atom stereocenters. The Morgan fingerprint density at radius 1 is 0.982 bits per heavy atom. The van der Waals surface area contributed by atoms with Crippen molar-refractivity contribution in [3.8, 4) is 23.0 Å². The molecule has 0 saturated heterocycles. The van der Waals surface area contributed by atoms with Crippen molar-refractivity contribution in [2.45, 2.75) is 65.1 Å². The fourth-order valence-electron chi connectivity index (χ4n) is 5.68. The Morgan fingerprint density at radius 2 is 1.75 bits per heavy atom. The standard InChI is InChI=1S/C39H46F2N10O6/c1-4-55-26-19-29(40)28(30(41)20-26)22-51-32-12-6-5-10-27(32)35(50-51)37-45-21-33(36(49-37)48-25-13-15-44-34(18-25)47-24(3)52)56-16-9-17-57-39(54)23(2)46-38(53)31(43)11-7-8-14-42/h5-6,10,12-13,15,18-21,23,31H,4,7-9,11,14,16-17,22,42-43H2,1-3H3,(H,46,53)(H2,44,45,47,48,49,52). The zero-order chi connectivity index (χ0) is 40.9. The third-order valence-electron chi connectivity index (χ3n) is 8.49. The van der Waals surface area contributed by atoms with E-state index in [1.54, 1.807) is 43.3 Å². The molecule has 3 aromatic heterocycles. The van der Waals surface area contributed by atoms with E-state index in [2.05, 4.69) is 25.9 Å². The van der Waals surface area contributed by atoms with Gasteiger partial charge in [-0.25, -0.2) is 28.5 Å². The zero-order valence-corrected chi connectivity index (χ0v) is 31.9. The third-order valence-corrected chi connectivity index (χ3v) is 8.49. The van der Waals surface area contributed by atoms with Crippen LogP contribution in [0.25, 0.3) is 22.4 Å². The number of nitrogens with zero attached hydrogens (tertiary/aromatic N) is 5. The number of carbonyl (C=O) groups is 3. The lowest BCUT2D eigenvalue weighted by Crippen LogP contribution is -2.47. The molecule has 7 N–H and O–H groups in total. The first-order valence-corrected chi connectivity index (χ1v) is 18.5. The summed E-state index contributed by atoms with van der Waals surface area (Å²) in [6, 6.07) is 11.0. The Balaban J connectivity index is 1.34. The molecule has 0 radical (unpaired) electrons. The van der Waals surface area contributed by atoms with Crippen molar-refractivity contribution in [1.82, 2.24) is 30.0 Å². The zero-order valence-electron chi connectivity index (χ0n) is 31.9. The molecule has 5 aromatic rings. The van der Waals surface area contributed by atoms with Gasteiger partial charge in [0.25, 0.3) is 0 Å². The molecule has 0 aliphatic carbocycles. The van der Waals surface area contributed by atoms with Gasteiger partial charge < -0.3 is 41.6 Å². The number of nitrogens with two attached hydrogens (primary N) is 2. The molecule has 2 aromatic carbocycles. The van der Waals surface area contributed by atoms with Crippen molar-refractivity contribution in [2.24, 2.45) is 11.5 Å². The number of ether oxygens (including phenoxy) is 3. The minimum atomic E-state index is -0.906. The topological polar surface area (TPSA) is 224 Å². The fraction of sp³-hybridized carbons (Fsp3) is 0.359. The van der Waals surface area contributed by atoms with Crippen LogP contribution in [0.5, 0.6) is 11.5 Å². The molecular weight excluding hydrogens is 742 g/mol. The van der Waals surface area contributed by atoms with Gasteiger partial charge >= 0.3 is 5.97 Å². The maximum atomic E-state index is 15.1. The minimum Gasteiger partial charge on any atom is -0.494 e. The largest absolute Gasteiger partial charge is 0.494 e. The lowest BCUT2D eigenvalue weighted by Gasteiger charge is -2.17. The van der Waals surface area contributed by atoms with Gasteiger partial charge in [-0.1, -0.05) is 24.6 Å². The van der Waals surface area contributed by atoms with E-state index in [1.165, 1.54) is 30.9 Å². The number of nitrogens with one attached hydrogen (secondary N) is 3. The first-order valence-electron chi connectivity index (χ1n) is 18.5. The number of rotatable bonds is 20. The van der Waals surface area contributed by atoms with E-state index in [4.69, 9.17) is 35.8 Å². The lowest BCUT2D eigenvalue weighted by atomic mass is 10.1. The summed E-state index contributed by atoms with van der Waals surface area (Å²) in [5, 5.41) is 13.7. The monoisotopic (exact) mass is 788 g/mol. The maximum Gasteiger partial charge on any atom is 0.328 e. The number of hydrogen-bond donors (Lipinski definition) is 5. The molecule has 2 amide bonds. The van der Waals surface area contributed by atoms with Gasteiger partial charge in [-0.15, -0.1) is 0 Å². The number of benzene rings is 2. The first-order chi connectivity index (χ1) is 27.5. The van der Waals surface area contributed by atoms with E-state index in [-0.39, 0.29) is 67.4 Å². The van der Waals surface area contributed by atoms with Crippen molar-refractivity contribution < 1.29 is 37.4 Å². The van der Waals surface area contributed by atoms with Crippen LogP contribution in [0.2, 0.25) is 0 Å². The van der Waals surface area contributed by atoms with E-state index in [0.29, 0.717) is 47.5 Å². The Labute approximate surface area is 327 Å². The number of fused-ring (bicyclic) bond motifs is 1. The number of halogens is 2. The highest BCUT2D eigenvalue weighted by molar-refractivity contribution is 5.92. The number of para-hydroxylation sites is 1. The summed E-state index contributed by atoms with van der Waals surface area (Å²) < 4.78 is 48.3. The number of aromatic nitrogens is 5. The van der Waals surface area contributed by atoms with Gasteiger partial charge in [-0.3, -0.25) is 14.3 Å². The van der Waals surface area contributed by atoms with Crippen molar-refractivity contribution >= 4 is 46.0 Å². The molecule has 2 atom stereocenters. The summed E-state index contributed by atoms with van der Waals surface area (Å²) >= 11 is 0. The molecule has 0 aliphatic rings. The molecule has 0 aliphatic heterocycles. The van der Waals surface area contributed by atoms with E-state index in [9.17, 15) is 14.4 Å². The molecule has 0 fully saturated rings. The van der Waals surface area contributed by atoms with Gasteiger partial charge in [0, 0.05) is 54.4 Å². The van der Waals surface area contributed by atoms with Crippen molar-refractivity contribution in [3.63, 3.8) is 0 Å². The molecule has 18 heteroatoms. The average molecular weight is 789 g/mol. The average Bonchev–Trinajstić information content (AvgIpc) is 3.54. The summed E-state index contributed by atoms with van der Waals surface area (Å²) in [6.45, 7) is 5.22. The molecule has 16 nitrogen and oxygen atoms in total. The van der Waals surface area contributed by atoms with Crippen molar-refractivity contribution in [2.75, 3.05) is 37.0 Å². The van der Waals surface area contributed by atoms with Crippen LogP contribution < -0.4 is 36.9 Å². The van der Waals surface area contributed by atoms with Crippen LogP contribution in [-0.2, 0) is 25.7 Å². The minimum absolute atomic E-state index is 0.00724. The van der Waals surface area contributed by atoms with E-state index in [0.717, 1.165) is 18.6 Å². The molecule has 57 heavy (non-hydrogen) atoms. The van der Waals surface area contributed by atoms with Crippen LogP contribution in [0.15, 0.2) is 60.9 Å². The second kappa shape index (κ2) is 20.1. The van der Waals surface area contributed by atoms with E-state index < -0.39 is 35.6 Å². The van der Waals surface area contributed by atoms with Crippen LogP contribution in [0.4, 0.5) is 26.1 Å². The third kappa shape index (κ3) is 11.4. The molecule has 302 valence electrons. The maximum absolute atomic E-state index is 15.1. The van der Waals surface area contributed by atoms with Crippen LogP contribution >= 0.6 is 0 Å². The van der Waals surface area contributed by atoms with Gasteiger partial charge in [0.2, 0.25) is 11.8 Å². The molecular formula is C39H46F2N10O6. The Hall–Kier alpha value is -6.27. The second-order valence-corrected chi connectivity index (χ2v) is 13.0. The SMILES string of the molecule is CCOc1cc(F)c(Cn2nc(-c3ncc(OCCCOC(=O)C(C)NC(=O)C(N)CCCCN)c(Nc4ccnc(NC(C)=O)c4)n3)c3ccccc32)c(F)c1. The number of amides is 2. The number of carbonyl (C=O) groups excluding carboxylic acids is 3. The molecule has 3 heterocycles. The number of pyridine rings is 1. The summed E-state index contributed by atoms with van der Waals surface area (Å²) in [5.41, 5.74) is 12.6. The van der Waals surface area contributed by atoms with Gasteiger partial charge in [0.15, 0.2) is 17.4 Å². The lowest BCUT2D eigenvalue weighted by molar-refractivity contribution is -0.147. The second-order valence-electron chi connectivity index (χ2n) is 13.0. The highest BCUT2D eigenvalue weighted by Crippen LogP contribution is 2.32. The smallest absolute Gasteiger partial charge is 0.328 e. The number of unbranched alkanes of at least 4 members (excludes halogenated alkanes) is 1. The van der Waals surface area contributed by atoms with Crippen LogP contribution in [0.3, 0.4) is 0 Å². The first kappa shape index (κ1) is 41.9. The highest BCUT2D eigenvalue weighted by atomic mass is 19.1. The number of anilines is 3. The molecule has 0 saturated carbocycles. The van der Waals surface area contributed by atoms with Gasteiger partial charge in [-0.05, 0) is 45.4 Å². The van der Waals surface area contributed by atoms with E-state index in [1.807, 2.05) is 0 Å². The summed E-state index contributed by atoms with van der Waals surface area (Å²) in [4.78, 5) is 50.0. The summed E-state index contributed by atoms with van der Waals surface area (Å²) in [7, 11) is 0. The predicted molar refractivity (Wildman–Crippen MR) is 209 cm³/mol. The van der Waals surface area contributed by atoms with E-state index >= 15 is 8.78 Å². The summed E-state index contributed by atoms with van der Waals surface area (Å²) in [6.07, 6.45) is 5.13. The van der Waals surface area contributed by atoms with Crippen LogP contribution in [0.1, 0.15) is 52.0 Å². The Morgan fingerprint density at radius 3 is 2.49 bits per heavy atom. The van der Waals surface area contributed by atoms with Crippen LogP contribution in [0, 0.1) is 11.6 Å². The Bertz CT molecular complexity index is 2160. The van der Waals surface area contributed by atoms with Gasteiger partial charge in [0.05, 0.1) is 44.1 Å².